The Hall–Kier alpha value is -2.27. The van der Waals surface area contributed by atoms with E-state index in [-0.39, 0.29) is 10.8 Å². The van der Waals surface area contributed by atoms with Gasteiger partial charge in [-0.3, -0.25) is 0 Å². The Morgan fingerprint density at radius 2 is 1.67 bits per heavy atom. The molecule has 0 bridgehead atoms. The van der Waals surface area contributed by atoms with E-state index in [1.807, 2.05) is 12.1 Å². The Bertz CT molecular complexity index is 980. The van der Waals surface area contributed by atoms with Gasteiger partial charge in [0.2, 0.25) is 8.32 Å². The maximum atomic E-state index is 12.2. The van der Waals surface area contributed by atoms with E-state index in [4.69, 9.17) is 8.84 Å². The smallest absolute Gasteiger partial charge is 0.344 e. The summed E-state index contributed by atoms with van der Waals surface area (Å²) in [5, 5.41) is 11.6. The highest BCUT2D eigenvalue weighted by Crippen LogP contribution is 2.38. The van der Waals surface area contributed by atoms with Gasteiger partial charge in [-0.1, -0.05) is 20.8 Å². The SMILES string of the molecule is CC(C)(C)[Si](C)(C)Oc1ccc2c(c1)oc(=O)c1cc(O)ccc12. The van der Waals surface area contributed by atoms with Gasteiger partial charge in [-0.05, 0) is 48.5 Å². The Labute approximate surface area is 141 Å². The molecular weight excluding hydrogens is 320 g/mol. The maximum absolute atomic E-state index is 12.2. The Kier molecular flexibility index (Phi) is 3.72. The topological polar surface area (TPSA) is 59.7 Å². The van der Waals surface area contributed by atoms with E-state index in [2.05, 4.69) is 33.9 Å². The Balaban J connectivity index is 2.15. The molecule has 0 atom stereocenters. The van der Waals surface area contributed by atoms with Crippen LogP contribution in [0.1, 0.15) is 20.8 Å². The molecular formula is C19H22O4Si. The zero-order chi connectivity index (χ0) is 17.7. The third-order valence-electron chi connectivity index (χ3n) is 4.85. The summed E-state index contributed by atoms with van der Waals surface area (Å²) in [6.45, 7) is 10.9. The van der Waals surface area contributed by atoms with Crippen molar-refractivity contribution in [3.8, 4) is 11.5 Å². The first-order chi connectivity index (χ1) is 11.1. The quantitative estimate of drug-likeness (QED) is 0.403. The van der Waals surface area contributed by atoms with Crippen LogP contribution in [0, 0.1) is 0 Å². The number of aromatic hydroxyl groups is 1. The van der Waals surface area contributed by atoms with E-state index in [0.717, 1.165) is 16.5 Å². The molecule has 1 N–H and O–H groups in total. The molecule has 24 heavy (non-hydrogen) atoms. The van der Waals surface area contributed by atoms with Crippen molar-refractivity contribution in [2.24, 2.45) is 0 Å². The third kappa shape index (κ3) is 2.80. The summed E-state index contributed by atoms with van der Waals surface area (Å²) < 4.78 is 11.7. The van der Waals surface area contributed by atoms with Crippen LogP contribution >= 0.6 is 0 Å². The van der Waals surface area contributed by atoms with Crippen molar-refractivity contribution >= 4 is 30.1 Å². The molecule has 0 fully saturated rings. The second kappa shape index (κ2) is 5.38. The summed E-state index contributed by atoms with van der Waals surface area (Å²) in [5.41, 5.74) is 0.0345. The number of hydrogen-bond donors (Lipinski definition) is 1. The van der Waals surface area contributed by atoms with Gasteiger partial charge in [0.25, 0.3) is 0 Å². The highest BCUT2D eigenvalue weighted by Gasteiger charge is 2.39. The normalized spacial score (nSPS) is 12.7. The predicted octanol–water partition coefficient (Wildman–Crippen LogP) is 5.04. The van der Waals surface area contributed by atoms with Crippen LogP contribution in [0.5, 0.6) is 11.5 Å². The highest BCUT2D eigenvalue weighted by molar-refractivity contribution is 6.74. The van der Waals surface area contributed by atoms with Crippen molar-refractivity contribution in [3.05, 3.63) is 46.8 Å². The van der Waals surface area contributed by atoms with Crippen LogP contribution in [0.3, 0.4) is 0 Å². The van der Waals surface area contributed by atoms with Crippen molar-refractivity contribution in [2.75, 3.05) is 0 Å². The predicted molar refractivity (Wildman–Crippen MR) is 99.5 cm³/mol. The first-order valence-electron chi connectivity index (χ1n) is 7.97. The molecule has 3 aromatic rings. The van der Waals surface area contributed by atoms with Gasteiger partial charge >= 0.3 is 5.63 Å². The van der Waals surface area contributed by atoms with Crippen LogP contribution in [0.15, 0.2) is 45.6 Å². The van der Waals surface area contributed by atoms with Gasteiger partial charge < -0.3 is 13.9 Å². The van der Waals surface area contributed by atoms with E-state index in [9.17, 15) is 9.90 Å². The Morgan fingerprint density at radius 1 is 1.00 bits per heavy atom. The fraction of sp³-hybridized carbons (Fsp3) is 0.316. The second-order valence-electron chi connectivity index (χ2n) is 7.64. The van der Waals surface area contributed by atoms with Crippen LogP contribution in [0.25, 0.3) is 21.7 Å². The molecule has 0 aliphatic rings. The van der Waals surface area contributed by atoms with Crippen LogP contribution in [0.2, 0.25) is 18.1 Å². The number of phenols is 1. The lowest BCUT2D eigenvalue weighted by atomic mass is 10.1. The van der Waals surface area contributed by atoms with Crippen LogP contribution in [0.4, 0.5) is 0 Å². The number of rotatable bonds is 2. The zero-order valence-electron chi connectivity index (χ0n) is 14.6. The molecule has 0 amide bonds. The van der Waals surface area contributed by atoms with Gasteiger partial charge in [-0.15, -0.1) is 0 Å². The third-order valence-corrected chi connectivity index (χ3v) is 9.21. The molecule has 0 saturated carbocycles. The minimum Gasteiger partial charge on any atom is -0.543 e. The average Bonchev–Trinajstić information content (AvgIpc) is 2.46. The van der Waals surface area contributed by atoms with Crippen molar-refractivity contribution in [2.45, 2.75) is 38.9 Å². The van der Waals surface area contributed by atoms with Crippen molar-refractivity contribution in [1.29, 1.82) is 0 Å². The molecule has 0 radical (unpaired) electrons. The van der Waals surface area contributed by atoms with Gasteiger partial charge in [0.1, 0.15) is 17.1 Å². The summed E-state index contributed by atoms with van der Waals surface area (Å²) in [7, 11) is -1.96. The molecule has 0 saturated heterocycles. The van der Waals surface area contributed by atoms with E-state index in [1.54, 1.807) is 18.2 Å². The minimum absolute atomic E-state index is 0.0482. The number of hydrogen-bond acceptors (Lipinski definition) is 4. The van der Waals surface area contributed by atoms with E-state index in [0.29, 0.717) is 11.0 Å². The highest BCUT2D eigenvalue weighted by atomic mass is 28.4. The molecule has 5 heteroatoms. The molecule has 126 valence electrons. The van der Waals surface area contributed by atoms with Gasteiger partial charge in [0.05, 0.1) is 5.39 Å². The molecule has 0 aliphatic heterocycles. The summed E-state index contributed by atoms with van der Waals surface area (Å²) in [5.74, 6) is 0.766. The van der Waals surface area contributed by atoms with Gasteiger partial charge in [-0.25, -0.2) is 4.79 Å². The van der Waals surface area contributed by atoms with Crippen molar-refractivity contribution < 1.29 is 13.9 Å². The lowest BCUT2D eigenvalue weighted by molar-refractivity contribution is 0.475. The van der Waals surface area contributed by atoms with Crippen LogP contribution < -0.4 is 10.1 Å². The standard InChI is InChI=1S/C19H22O4Si/c1-19(2,3)24(4,5)23-13-7-9-15-14-8-6-12(20)10-16(14)18(21)22-17(15)11-13/h6-11,20H,1-5H3. The van der Waals surface area contributed by atoms with Gasteiger partial charge in [0, 0.05) is 16.8 Å². The monoisotopic (exact) mass is 342 g/mol. The molecule has 4 nitrogen and oxygen atoms in total. The lowest BCUT2D eigenvalue weighted by Crippen LogP contribution is -2.43. The van der Waals surface area contributed by atoms with Gasteiger partial charge in [0.15, 0.2) is 0 Å². The van der Waals surface area contributed by atoms with Crippen LogP contribution in [-0.2, 0) is 0 Å². The van der Waals surface area contributed by atoms with Crippen LogP contribution in [-0.4, -0.2) is 13.4 Å². The fourth-order valence-electron chi connectivity index (χ4n) is 2.41. The van der Waals surface area contributed by atoms with Gasteiger partial charge in [-0.2, -0.15) is 0 Å². The number of fused-ring (bicyclic) bond motifs is 3. The molecule has 3 rings (SSSR count). The average molecular weight is 342 g/mol. The van der Waals surface area contributed by atoms with E-state index < -0.39 is 13.9 Å². The summed E-state index contributed by atoms with van der Waals surface area (Å²) >= 11 is 0. The zero-order valence-corrected chi connectivity index (χ0v) is 15.6. The summed E-state index contributed by atoms with van der Waals surface area (Å²) in [6.07, 6.45) is 0. The van der Waals surface area contributed by atoms with Crippen molar-refractivity contribution in [1.82, 2.24) is 0 Å². The largest absolute Gasteiger partial charge is 0.543 e. The fourth-order valence-corrected chi connectivity index (χ4v) is 3.43. The summed E-state index contributed by atoms with van der Waals surface area (Å²) in [4.78, 5) is 12.2. The van der Waals surface area contributed by atoms with E-state index >= 15 is 0 Å². The minimum atomic E-state index is -1.96. The second-order valence-corrected chi connectivity index (χ2v) is 12.4. The Morgan fingerprint density at radius 3 is 2.33 bits per heavy atom. The summed E-state index contributed by atoms with van der Waals surface area (Å²) in [6, 6.07) is 10.3. The van der Waals surface area contributed by atoms with E-state index in [1.165, 1.54) is 6.07 Å². The first-order valence-corrected chi connectivity index (χ1v) is 10.9. The number of benzene rings is 2. The molecule has 1 heterocycles. The molecule has 1 aromatic heterocycles. The number of phenolic OH excluding ortho intramolecular Hbond substituents is 1. The molecule has 2 aromatic carbocycles. The molecule has 0 unspecified atom stereocenters. The maximum Gasteiger partial charge on any atom is 0.344 e. The molecule has 0 spiro atoms. The molecule has 0 aliphatic carbocycles. The van der Waals surface area contributed by atoms with Crippen molar-refractivity contribution in [3.63, 3.8) is 0 Å². The lowest BCUT2D eigenvalue weighted by Gasteiger charge is -2.36. The first kappa shape index (κ1) is 16.6.